The van der Waals surface area contributed by atoms with E-state index in [1.54, 1.807) is 6.07 Å². The average molecular weight is 239 g/mol. The van der Waals surface area contributed by atoms with E-state index in [-0.39, 0.29) is 5.88 Å². The maximum Gasteiger partial charge on any atom is 0.433 e. The minimum absolute atomic E-state index is 0.192. The first-order chi connectivity index (χ1) is 8.15. The van der Waals surface area contributed by atoms with Gasteiger partial charge in [-0.1, -0.05) is 0 Å². The van der Waals surface area contributed by atoms with Gasteiger partial charge in [0.25, 0.3) is 0 Å². The first kappa shape index (κ1) is 12.1. The van der Waals surface area contributed by atoms with Crippen LogP contribution in [-0.2, 0) is 6.54 Å². The van der Waals surface area contributed by atoms with Crippen molar-refractivity contribution in [3.05, 3.63) is 28.0 Å². The lowest BCUT2D eigenvalue weighted by molar-refractivity contribution is -0.402. The van der Waals surface area contributed by atoms with Gasteiger partial charge in [0.1, 0.15) is 10.7 Å². The van der Waals surface area contributed by atoms with Crippen LogP contribution in [0.1, 0.15) is 18.6 Å². The molecule has 0 aromatic carbocycles. The fourth-order valence-electron chi connectivity index (χ4n) is 2.14. The molecule has 94 valence electrons. The fraction of sp³-hybridized carbons (Fsp3) is 0.636. The van der Waals surface area contributed by atoms with E-state index in [0.29, 0.717) is 18.3 Å². The predicted octanol–water partition coefficient (Wildman–Crippen LogP) is 1.37. The molecule has 17 heavy (non-hydrogen) atoms. The summed E-state index contributed by atoms with van der Waals surface area (Å²) in [6.07, 6.45) is 2.33. The number of likely N-dealkylation sites (N-methyl/N-ethyl adjacent to an activating group) is 1. The van der Waals surface area contributed by atoms with Crippen molar-refractivity contribution in [3.8, 4) is 0 Å². The second-order valence-corrected chi connectivity index (χ2v) is 4.48. The van der Waals surface area contributed by atoms with Crippen molar-refractivity contribution in [2.75, 3.05) is 20.1 Å². The smallest absolute Gasteiger partial charge is 0.404 e. The fourth-order valence-corrected chi connectivity index (χ4v) is 2.14. The van der Waals surface area contributed by atoms with Crippen molar-refractivity contribution in [2.24, 2.45) is 0 Å². The Balaban J connectivity index is 1.82. The molecule has 1 aromatic rings. The van der Waals surface area contributed by atoms with E-state index in [9.17, 15) is 10.1 Å². The van der Waals surface area contributed by atoms with Gasteiger partial charge >= 0.3 is 5.88 Å². The van der Waals surface area contributed by atoms with Gasteiger partial charge in [-0.15, -0.1) is 0 Å². The van der Waals surface area contributed by atoms with Gasteiger partial charge in [-0.2, -0.15) is 0 Å². The van der Waals surface area contributed by atoms with Crippen LogP contribution in [-0.4, -0.2) is 36.0 Å². The number of hydrogen-bond acceptors (Lipinski definition) is 5. The SMILES string of the molecule is CN1CCCC(NCc2ccc([N+](=O)[O-])o2)C1. The van der Waals surface area contributed by atoms with Crippen LogP contribution in [0.2, 0.25) is 0 Å². The maximum atomic E-state index is 10.4. The first-order valence-electron chi connectivity index (χ1n) is 5.80. The largest absolute Gasteiger partial charge is 0.433 e. The van der Waals surface area contributed by atoms with E-state index in [1.165, 1.54) is 12.5 Å². The molecule has 0 spiro atoms. The molecule has 1 saturated heterocycles. The summed E-state index contributed by atoms with van der Waals surface area (Å²) < 4.78 is 5.09. The van der Waals surface area contributed by atoms with Crippen molar-refractivity contribution in [3.63, 3.8) is 0 Å². The molecule has 1 N–H and O–H groups in total. The Labute approximate surface area is 99.7 Å². The number of furan rings is 1. The van der Waals surface area contributed by atoms with Crippen LogP contribution in [0.25, 0.3) is 0 Å². The molecule has 0 aliphatic carbocycles. The quantitative estimate of drug-likeness (QED) is 0.634. The normalized spacial score (nSPS) is 21.6. The molecular weight excluding hydrogens is 222 g/mol. The zero-order chi connectivity index (χ0) is 12.3. The van der Waals surface area contributed by atoms with Crippen LogP contribution in [0, 0.1) is 10.1 Å². The zero-order valence-corrected chi connectivity index (χ0v) is 9.89. The highest BCUT2D eigenvalue weighted by atomic mass is 16.6. The standard InChI is InChI=1S/C11H17N3O3/c1-13-6-2-3-9(8-13)12-7-10-4-5-11(17-10)14(15)16/h4-5,9,12H,2-3,6-8H2,1H3. The van der Waals surface area contributed by atoms with Gasteiger partial charge in [0.05, 0.1) is 12.6 Å². The number of rotatable bonds is 4. The van der Waals surface area contributed by atoms with Gasteiger partial charge in [0, 0.05) is 12.6 Å². The molecule has 0 bridgehead atoms. The van der Waals surface area contributed by atoms with E-state index >= 15 is 0 Å². The molecule has 1 atom stereocenters. The lowest BCUT2D eigenvalue weighted by Gasteiger charge is -2.30. The molecule has 0 radical (unpaired) electrons. The van der Waals surface area contributed by atoms with Crippen LogP contribution in [0.15, 0.2) is 16.5 Å². The van der Waals surface area contributed by atoms with Gasteiger partial charge in [0.2, 0.25) is 0 Å². The molecule has 1 unspecified atom stereocenters. The summed E-state index contributed by atoms with van der Waals surface area (Å²) >= 11 is 0. The minimum atomic E-state index is -0.516. The summed E-state index contributed by atoms with van der Waals surface area (Å²) in [4.78, 5) is 12.2. The third kappa shape index (κ3) is 3.28. The third-order valence-corrected chi connectivity index (χ3v) is 3.02. The Kier molecular flexibility index (Phi) is 3.75. The van der Waals surface area contributed by atoms with Crippen LogP contribution in [0.5, 0.6) is 0 Å². The van der Waals surface area contributed by atoms with Crippen molar-refractivity contribution in [2.45, 2.75) is 25.4 Å². The summed E-state index contributed by atoms with van der Waals surface area (Å²) in [5, 5.41) is 13.8. The van der Waals surface area contributed by atoms with Crippen LogP contribution in [0.4, 0.5) is 5.88 Å². The van der Waals surface area contributed by atoms with E-state index in [4.69, 9.17) is 4.42 Å². The molecule has 1 aliphatic rings. The molecule has 1 aromatic heterocycles. The molecule has 1 aliphatic heterocycles. The lowest BCUT2D eigenvalue weighted by Crippen LogP contribution is -2.43. The Hall–Kier alpha value is -1.40. The average Bonchev–Trinajstić information content (AvgIpc) is 2.75. The number of nitro groups is 1. The molecule has 2 rings (SSSR count). The second kappa shape index (κ2) is 5.29. The summed E-state index contributed by atoms with van der Waals surface area (Å²) in [5.74, 6) is 0.424. The molecule has 6 heteroatoms. The van der Waals surface area contributed by atoms with Gasteiger partial charge in [0.15, 0.2) is 0 Å². The van der Waals surface area contributed by atoms with Crippen LogP contribution in [0.3, 0.4) is 0 Å². The van der Waals surface area contributed by atoms with Crippen molar-refractivity contribution in [1.82, 2.24) is 10.2 Å². The molecule has 1 fully saturated rings. The van der Waals surface area contributed by atoms with Crippen LogP contribution >= 0.6 is 0 Å². The third-order valence-electron chi connectivity index (χ3n) is 3.02. The highest BCUT2D eigenvalue weighted by Gasteiger charge is 2.17. The summed E-state index contributed by atoms with van der Waals surface area (Å²) in [5.41, 5.74) is 0. The highest BCUT2D eigenvalue weighted by molar-refractivity contribution is 5.17. The molecule has 0 saturated carbocycles. The number of piperidine rings is 1. The van der Waals surface area contributed by atoms with Gasteiger partial charge < -0.3 is 14.6 Å². The lowest BCUT2D eigenvalue weighted by atomic mass is 10.1. The Morgan fingerprint density at radius 1 is 1.65 bits per heavy atom. The number of nitrogens with zero attached hydrogens (tertiary/aromatic N) is 2. The predicted molar refractivity (Wildman–Crippen MR) is 62.7 cm³/mol. The van der Waals surface area contributed by atoms with Crippen molar-refractivity contribution >= 4 is 5.88 Å². The number of nitrogens with one attached hydrogen (secondary N) is 1. The van der Waals surface area contributed by atoms with Gasteiger partial charge in [-0.3, -0.25) is 10.1 Å². The number of hydrogen-bond donors (Lipinski definition) is 1. The topological polar surface area (TPSA) is 71.5 Å². The monoisotopic (exact) mass is 239 g/mol. The van der Waals surface area contributed by atoms with Crippen molar-refractivity contribution < 1.29 is 9.34 Å². The van der Waals surface area contributed by atoms with Crippen molar-refractivity contribution in [1.29, 1.82) is 0 Å². The van der Waals surface area contributed by atoms with Gasteiger partial charge in [-0.05, 0) is 32.5 Å². The Morgan fingerprint density at radius 3 is 3.12 bits per heavy atom. The zero-order valence-electron chi connectivity index (χ0n) is 9.89. The minimum Gasteiger partial charge on any atom is -0.404 e. The highest BCUT2D eigenvalue weighted by Crippen LogP contribution is 2.16. The van der Waals surface area contributed by atoms with E-state index in [0.717, 1.165) is 19.5 Å². The first-order valence-corrected chi connectivity index (χ1v) is 5.80. The summed E-state index contributed by atoms with van der Waals surface area (Å²) in [6, 6.07) is 3.49. The maximum absolute atomic E-state index is 10.4. The number of likely N-dealkylation sites (tertiary alicyclic amines) is 1. The van der Waals surface area contributed by atoms with Crippen LogP contribution < -0.4 is 5.32 Å². The summed E-state index contributed by atoms with van der Waals surface area (Å²) in [6.45, 7) is 2.71. The van der Waals surface area contributed by atoms with E-state index in [1.807, 2.05) is 0 Å². The van der Waals surface area contributed by atoms with E-state index in [2.05, 4.69) is 17.3 Å². The molecule has 0 amide bonds. The Morgan fingerprint density at radius 2 is 2.47 bits per heavy atom. The van der Waals surface area contributed by atoms with Gasteiger partial charge in [-0.25, -0.2) is 0 Å². The molecule has 2 heterocycles. The van der Waals surface area contributed by atoms with E-state index < -0.39 is 4.92 Å². The molecule has 6 nitrogen and oxygen atoms in total. The summed E-state index contributed by atoms with van der Waals surface area (Å²) in [7, 11) is 2.10. The Bertz CT molecular complexity index is 391. The molecular formula is C11H17N3O3. The second-order valence-electron chi connectivity index (χ2n) is 4.48.